The Balaban J connectivity index is 2.16. The number of rotatable bonds is 7. The molecule has 0 bridgehead atoms. The van der Waals surface area contributed by atoms with E-state index in [0.29, 0.717) is 30.3 Å². The lowest BCUT2D eigenvalue weighted by atomic mass is 10.0. The van der Waals surface area contributed by atoms with Crippen molar-refractivity contribution in [3.8, 4) is 28.3 Å². The van der Waals surface area contributed by atoms with Crippen molar-refractivity contribution in [1.29, 1.82) is 0 Å². The normalized spacial score (nSPS) is 10.6. The van der Waals surface area contributed by atoms with Crippen molar-refractivity contribution < 1.29 is 14.3 Å². The number of para-hydroxylation sites is 1. The number of ether oxygens (including phenoxy) is 2. The molecule has 146 valence electrons. The molecule has 3 rings (SSSR count). The zero-order chi connectivity index (χ0) is 20.1. The number of hydrogen-bond donors (Lipinski definition) is 0. The van der Waals surface area contributed by atoms with Crippen LogP contribution in [0, 0.1) is 0 Å². The van der Waals surface area contributed by atoms with E-state index in [4.69, 9.17) is 9.47 Å². The molecule has 6 nitrogen and oxygen atoms in total. The van der Waals surface area contributed by atoms with Crippen LogP contribution < -0.4 is 9.47 Å². The summed E-state index contributed by atoms with van der Waals surface area (Å²) in [5.74, 6) is 1.15. The number of aromatic nitrogens is 2. The van der Waals surface area contributed by atoms with Gasteiger partial charge in [-0.3, -0.25) is 4.79 Å². The van der Waals surface area contributed by atoms with Crippen molar-refractivity contribution in [1.82, 2.24) is 14.7 Å². The van der Waals surface area contributed by atoms with E-state index in [1.807, 2.05) is 68.6 Å². The third-order valence-electron chi connectivity index (χ3n) is 4.68. The molecular weight excluding hydrogens is 354 g/mol. The molecule has 0 saturated carbocycles. The molecular formula is C22H25N3O3. The number of benzene rings is 2. The minimum absolute atomic E-state index is 0.0931. The maximum Gasteiger partial charge on any atom is 0.274 e. The number of carbonyl (C=O) groups is 1. The van der Waals surface area contributed by atoms with Crippen LogP contribution in [0.1, 0.15) is 24.3 Å². The summed E-state index contributed by atoms with van der Waals surface area (Å²) in [6.07, 6.45) is 1.88. The molecule has 0 radical (unpaired) electrons. The Labute approximate surface area is 165 Å². The van der Waals surface area contributed by atoms with Crippen LogP contribution in [0.2, 0.25) is 0 Å². The van der Waals surface area contributed by atoms with Gasteiger partial charge in [0.1, 0.15) is 0 Å². The Morgan fingerprint density at radius 1 is 1.00 bits per heavy atom. The van der Waals surface area contributed by atoms with Gasteiger partial charge in [-0.25, -0.2) is 4.68 Å². The van der Waals surface area contributed by atoms with Crippen LogP contribution >= 0.6 is 0 Å². The highest BCUT2D eigenvalue weighted by molar-refractivity contribution is 5.99. The molecule has 0 saturated heterocycles. The van der Waals surface area contributed by atoms with Gasteiger partial charge in [0.2, 0.25) is 0 Å². The molecule has 28 heavy (non-hydrogen) atoms. The summed E-state index contributed by atoms with van der Waals surface area (Å²) < 4.78 is 12.5. The summed E-state index contributed by atoms with van der Waals surface area (Å²) >= 11 is 0. The summed E-state index contributed by atoms with van der Waals surface area (Å²) in [6.45, 7) is 5.18. The van der Waals surface area contributed by atoms with E-state index in [0.717, 1.165) is 16.8 Å². The number of methoxy groups -OCH3 is 2. The lowest BCUT2D eigenvalue weighted by Crippen LogP contribution is -2.31. The number of amides is 1. The molecule has 0 fully saturated rings. The summed E-state index contributed by atoms with van der Waals surface area (Å²) in [4.78, 5) is 14.9. The monoisotopic (exact) mass is 379 g/mol. The van der Waals surface area contributed by atoms with Crippen LogP contribution in [-0.2, 0) is 0 Å². The highest BCUT2D eigenvalue weighted by Gasteiger charge is 2.23. The molecule has 0 N–H and O–H groups in total. The second-order valence-electron chi connectivity index (χ2n) is 6.22. The van der Waals surface area contributed by atoms with Gasteiger partial charge in [0.05, 0.1) is 19.9 Å². The maximum atomic E-state index is 13.1. The maximum absolute atomic E-state index is 13.1. The SMILES string of the molecule is CCN(CC)C(=O)c1nn(-c2ccccc2)cc1-c1ccc(OC)c(OC)c1. The van der Waals surface area contributed by atoms with Crippen molar-refractivity contribution in [2.45, 2.75) is 13.8 Å². The van der Waals surface area contributed by atoms with E-state index < -0.39 is 0 Å². The van der Waals surface area contributed by atoms with E-state index in [2.05, 4.69) is 5.10 Å². The standard InChI is InChI=1S/C22H25N3O3/c1-5-24(6-2)22(26)21-18(15-25(23-21)17-10-8-7-9-11-17)16-12-13-19(27-3)20(14-16)28-4/h7-15H,5-6H2,1-4H3. The Morgan fingerprint density at radius 3 is 2.29 bits per heavy atom. The lowest BCUT2D eigenvalue weighted by Gasteiger charge is -2.18. The average Bonchev–Trinajstić information content (AvgIpc) is 3.20. The van der Waals surface area contributed by atoms with Gasteiger partial charge in [0.15, 0.2) is 17.2 Å². The van der Waals surface area contributed by atoms with Crippen molar-refractivity contribution in [2.75, 3.05) is 27.3 Å². The van der Waals surface area contributed by atoms with Crippen molar-refractivity contribution >= 4 is 5.91 Å². The second-order valence-corrected chi connectivity index (χ2v) is 6.22. The fourth-order valence-corrected chi connectivity index (χ4v) is 3.12. The Bertz CT molecular complexity index is 947. The van der Waals surface area contributed by atoms with Crippen LogP contribution in [0.4, 0.5) is 0 Å². The highest BCUT2D eigenvalue weighted by Crippen LogP contribution is 2.34. The third kappa shape index (κ3) is 3.71. The Kier molecular flexibility index (Phi) is 5.99. The van der Waals surface area contributed by atoms with Gasteiger partial charge >= 0.3 is 0 Å². The third-order valence-corrected chi connectivity index (χ3v) is 4.68. The fraction of sp³-hybridized carbons (Fsp3) is 0.273. The molecule has 0 aliphatic rings. The number of carbonyl (C=O) groups excluding carboxylic acids is 1. The van der Waals surface area contributed by atoms with Gasteiger partial charge in [-0.2, -0.15) is 5.10 Å². The summed E-state index contributed by atoms with van der Waals surface area (Å²) in [6, 6.07) is 15.4. The van der Waals surface area contributed by atoms with Crippen molar-refractivity contribution in [3.05, 3.63) is 60.4 Å². The quantitative estimate of drug-likeness (QED) is 0.622. The first-order valence-corrected chi connectivity index (χ1v) is 9.29. The van der Waals surface area contributed by atoms with Crippen molar-refractivity contribution in [3.63, 3.8) is 0 Å². The van der Waals surface area contributed by atoms with Gasteiger partial charge in [0.25, 0.3) is 5.91 Å². The molecule has 1 aromatic heterocycles. The van der Waals surface area contributed by atoms with Gasteiger partial charge in [-0.15, -0.1) is 0 Å². The van der Waals surface area contributed by atoms with Crippen LogP contribution in [0.5, 0.6) is 11.5 Å². The molecule has 6 heteroatoms. The van der Waals surface area contributed by atoms with E-state index in [9.17, 15) is 4.79 Å². The smallest absolute Gasteiger partial charge is 0.274 e. The largest absolute Gasteiger partial charge is 0.493 e. The van der Waals surface area contributed by atoms with Gasteiger partial charge in [-0.1, -0.05) is 24.3 Å². The van der Waals surface area contributed by atoms with E-state index in [1.165, 1.54) is 0 Å². The Hall–Kier alpha value is -3.28. The fourth-order valence-electron chi connectivity index (χ4n) is 3.12. The predicted molar refractivity (Wildman–Crippen MR) is 109 cm³/mol. The Morgan fingerprint density at radius 2 is 1.68 bits per heavy atom. The molecule has 0 aliphatic heterocycles. The van der Waals surface area contributed by atoms with Crippen LogP contribution in [-0.4, -0.2) is 47.9 Å². The molecule has 0 spiro atoms. The molecule has 2 aromatic carbocycles. The van der Waals surface area contributed by atoms with Crippen LogP contribution in [0.25, 0.3) is 16.8 Å². The minimum Gasteiger partial charge on any atom is -0.493 e. The number of nitrogens with zero attached hydrogens (tertiary/aromatic N) is 3. The van der Waals surface area contributed by atoms with Crippen molar-refractivity contribution in [2.24, 2.45) is 0 Å². The number of hydrogen-bond acceptors (Lipinski definition) is 4. The zero-order valence-electron chi connectivity index (χ0n) is 16.7. The summed E-state index contributed by atoms with van der Waals surface area (Å²) in [5, 5.41) is 4.63. The molecule has 1 heterocycles. The van der Waals surface area contributed by atoms with E-state index in [-0.39, 0.29) is 5.91 Å². The first kappa shape index (κ1) is 19.5. The first-order valence-electron chi connectivity index (χ1n) is 9.29. The van der Waals surface area contributed by atoms with Gasteiger partial charge < -0.3 is 14.4 Å². The molecule has 0 unspecified atom stereocenters. The summed E-state index contributed by atoms with van der Waals surface area (Å²) in [7, 11) is 3.19. The second kappa shape index (κ2) is 8.61. The zero-order valence-corrected chi connectivity index (χ0v) is 16.7. The molecule has 3 aromatic rings. The van der Waals surface area contributed by atoms with E-state index in [1.54, 1.807) is 23.8 Å². The molecule has 0 atom stereocenters. The average molecular weight is 379 g/mol. The predicted octanol–water partition coefficient (Wildman–Crippen LogP) is 4.04. The first-order chi connectivity index (χ1) is 13.6. The lowest BCUT2D eigenvalue weighted by molar-refractivity contribution is 0.0767. The van der Waals surface area contributed by atoms with Crippen LogP contribution in [0.3, 0.4) is 0 Å². The van der Waals surface area contributed by atoms with Gasteiger partial charge in [0, 0.05) is 24.8 Å². The topological polar surface area (TPSA) is 56.6 Å². The molecule has 1 amide bonds. The van der Waals surface area contributed by atoms with Gasteiger partial charge in [-0.05, 0) is 43.7 Å². The minimum atomic E-state index is -0.0931. The van der Waals surface area contributed by atoms with Crippen LogP contribution in [0.15, 0.2) is 54.7 Å². The van der Waals surface area contributed by atoms with E-state index >= 15 is 0 Å². The highest BCUT2D eigenvalue weighted by atomic mass is 16.5. The molecule has 0 aliphatic carbocycles. The summed E-state index contributed by atoms with van der Waals surface area (Å²) in [5.41, 5.74) is 2.90.